The number of nitrogens with zero attached hydrogens (tertiary/aromatic N) is 1. The maximum Gasteiger partial charge on any atom is 0.144 e. The second-order valence-electron chi connectivity index (χ2n) is 2.37. The van der Waals surface area contributed by atoms with Gasteiger partial charge in [0.25, 0.3) is 0 Å². The largest absolute Gasteiger partial charge is 0.393 e. The molecule has 1 atom stereocenters. The maximum absolute atomic E-state index is 8.92. The number of aliphatic hydroxyl groups is 1. The topological polar surface area (TPSA) is 67.8 Å². The lowest BCUT2D eigenvalue weighted by molar-refractivity contribution is 0.0445. The van der Waals surface area contributed by atoms with Crippen molar-refractivity contribution in [3.05, 3.63) is 0 Å². The summed E-state index contributed by atoms with van der Waals surface area (Å²) in [7, 11) is 0. The van der Waals surface area contributed by atoms with Crippen molar-refractivity contribution in [1.29, 1.82) is 0 Å². The van der Waals surface area contributed by atoms with E-state index in [0.29, 0.717) is 0 Å². The summed E-state index contributed by atoms with van der Waals surface area (Å²) < 4.78 is 0. The Labute approximate surface area is 67.0 Å². The van der Waals surface area contributed by atoms with E-state index in [4.69, 9.17) is 15.7 Å². The van der Waals surface area contributed by atoms with E-state index in [9.17, 15) is 0 Å². The molecule has 3 N–H and O–H groups in total. The fourth-order valence-corrected chi connectivity index (χ4v) is 0.366. The van der Waals surface area contributed by atoms with Crippen LogP contribution in [0, 0.1) is 0 Å². The standard InChI is InChI=1S/C7H16N2O2/c1-3-6(2)9-11-5-7(10)4-8/h7,10H,3-5,8H2,1-2H3. The predicted octanol–water partition coefficient (Wildman–Crippen LogP) is 0.109. The monoisotopic (exact) mass is 160 g/mol. The third-order valence-corrected chi connectivity index (χ3v) is 1.27. The fourth-order valence-electron chi connectivity index (χ4n) is 0.366. The summed E-state index contributed by atoms with van der Waals surface area (Å²) in [6.07, 6.45) is 0.252. The Balaban J connectivity index is 3.39. The molecule has 4 heteroatoms. The number of hydrogen-bond donors (Lipinski definition) is 2. The summed E-state index contributed by atoms with van der Waals surface area (Å²) in [5.41, 5.74) is 6.05. The van der Waals surface area contributed by atoms with Crippen LogP contribution < -0.4 is 5.73 Å². The van der Waals surface area contributed by atoms with E-state index >= 15 is 0 Å². The van der Waals surface area contributed by atoms with Crippen LogP contribution >= 0.6 is 0 Å². The van der Waals surface area contributed by atoms with Gasteiger partial charge < -0.3 is 15.7 Å². The van der Waals surface area contributed by atoms with Crippen LogP contribution in [0.2, 0.25) is 0 Å². The number of rotatable bonds is 5. The summed E-state index contributed by atoms with van der Waals surface area (Å²) in [6.45, 7) is 4.24. The Hall–Kier alpha value is -0.610. The molecule has 4 nitrogen and oxygen atoms in total. The third kappa shape index (κ3) is 5.82. The van der Waals surface area contributed by atoms with E-state index in [1.165, 1.54) is 0 Å². The molecule has 0 aliphatic carbocycles. The van der Waals surface area contributed by atoms with Gasteiger partial charge in [0, 0.05) is 6.54 Å². The van der Waals surface area contributed by atoms with E-state index in [1.807, 2.05) is 13.8 Å². The van der Waals surface area contributed by atoms with E-state index in [0.717, 1.165) is 12.1 Å². The summed E-state index contributed by atoms with van der Waals surface area (Å²) in [4.78, 5) is 4.80. The van der Waals surface area contributed by atoms with Crippen LogP contribution in [0.25, 0.3) is 0 Å². The highest BCUT2D eigenvalue weighted by atomic mass is 16.6. The first-order valence-corrected chi connectivity index (χ1v) is 3.74. The minimum absolute atomic E-state index is 0.174. The van der Waals surface area contributed by atoms with Gasteiger partial charge >= 0.3 is 0 Å². The van der Waals surface area contributed by atoms with E-state index in [-0.39, 0.29) is 13.2 Å². The number of hydrogen-bond acceptors (Lipinski definition) is 4. The lowest BCUT2D eigenvalue weighted by atomic mass is 10.3. The van der Waals surface area contributed by atoms with Gasteiger partial charge in [-0.25, -0.2) is 0 Å². The molecule has 0 aromatic carbocycles. The van der Waals surface area contributed by atoms with Crippen molar-refractivity contribution in [2.24, 2.45) is 10.9 Å². The molecule has 66 valence electrons. The van der Waals surface area contributed by atoms with Crippen molar-refractivity contribution in [2.75, 3.05) is 13.2 Å². The molecular weight excluding hydrogens is 144 g/mol. The number of aliphatic hydroxyl groups excluding tert-OH is 1. The molecule has 0 aromatic rings. The van der Waals surface area contributed by atoms with Gasteiger partial charge in [-0.05, 0) is 13.3 Å². The van der Waals surface area contributed by atoms with Crippen LogP contribution in [-0.4, -0.2) is 30.1 Å². The molecular formula is C7H16N2O2. The van der Waals surface area contributed by atoms with Crippen LogP contribution in [0.4, 0.5) is 0 Å². The van der Waals surface area contributed by atoms with Gasteiger partial charge in [-0.2, -0.15) is 0 Å². The smallest absolute Gasteiger partial charge is 0.144 e. The van der Waals surface area contributed by atoms with Crippen molar-refractivity contribution < 1.29 is 9.94 Å². The molecule has 11 heavy (non-hydrogen) atoms. The Bertz CT molecular complexity index is 126. The first-order valence-electron chi connectivity index (χ1n) is 3.74. The molecule has 0 saturated carbocycles. The van der Waals surface area contributed by atoms with Gasteiger partial charge in [-0.3, -0.25) is 0 Å². The Kier molecular flexibility index (Phi) is 5.78. The second kappa shape index (κ2) is 6.12. The van der Waals surface area contributed by atoms with Gasteiger partial charge in [0.15, 0.2) is 0 Å². The van der Waals surface area contributed by atoms with E-state index in [1.54, 1.807) is 0 Å². The molecule has 0 rings (SSSR count). The molecule has 0 aliphatic rings. The zero-order valence-corrected chi connectivity index (χ0v) is 7.08. The Morgan fingerprint density at radius 1 is 1.73 bits per heavy atom. The molecule has 0 saturated heterocycles. The average Bonchev–Trinajstić information content (AvgIpc) is 2.04. The lowest BCUT2D eigenvalue weighted by Crippen LogP contribution is -2.24. The van der Waals surface area contributed by atoms with Crippen LogP contribution in [-0.2, 0) is 4.84 Å². The zero-order chi connectivity index (χ0) is 8.69. The molecule has 0 aromatic heterocycles. The molecule has 0 bridgehead atoms. The molecule has 1 unspecified atom stereocenters. The molecule has 0 spiro atoms. The maximum atomic E-state index is 8.92. The van der Waals surface area contributed by atoms with Crippen LogP contribution in [0.3, 0.4) is 0 Å². The van der Waals surface area contributed by atoms with Crippen molar-refractivity contribution in [3.8, 4) is 0 Å². The van der Waals surface area contributed by atoms with Gasteiger partial charge in [-0.15, -0.1) is 0 Å². The van der Waals surface area contributed by atoms with Crippen LogP contribution in [0.5, 0.6) is 0 Å². The Morgan fingerprint density at radius 3 is 2.82 bits per heavy atom. The van der Waals surface area contributed by atoms with Gasteiger partial charge in [0.2, 0.25) is 0 Å². The summed E-state index contributed by atoms with van der Waals surface area (Å²) in [6, 6.07) is 0. The summed E-state index contributed by atoms with van der Waals surface area (Å²) >= 11 is 0. The Morgan fingerprint density at radius 2 is 2.36 bits per heavy atom. The summed E-state index contributed by atoms with van der Waals surface area (Å²) in [5, 5.41) is 12.7. The van der Waals surface area contributed by atoms with Crippen LogP contribution in [0.15, 0.2) is 5.16 Å². The molecule has 0 radical (unpaired) electrons. The quantitative estimate of drug-likeness (QED) is 0.443. The highest BCUT2D eigenvalue weighted by Crippen LogP contribution is 1.88. The van der Waals surface area contributed by atoms with Crippen molar-refractivity contribution in [3.63, 3.8) is 0 Å². The van der Waals surface area contributed by atoms with E-state index < -0.39 is 6.10 Å². The fraction of sp³-hybridized carbons (Fsp3) is 0.857. The molecule has 0 aliphatic heterocycles. The SMILES string of the molecule is CCC(C)=NOCC(O)CN. The normalized spacial score (nSPS) is 14.7. The molecule has 0 heterocycles. The first-order chi connectivity index (χ1) is 5.20. The van der Waals surface area contributed by atoms with Crippen molar-refractivity contribution in [1.82, 2.24) is 0 Å². The van der Waals surface area contributed by atoms with Gasteiger partial charge in [-0.1, -0.05) is 12.1 Å². The van der Waals surface area contributed by atoms with Crippen molar-refractivity contribution in [2.45, 2.75) is 26.4 Å². The molecule has 0 amide bonds. The highest BCUT2D eigenvalue weighted by Gasteiger charge is 1.99. The minimum Gasteiger partial charge on any atom is -0.393 e. The van der Waals surface area contributed by atoms with E-state index in [2.05, 4.69) is 5.16 Å². The van der Waals surface area contributed by atoms with Gasteiger partial charge in [0.05, 0.1) is 5.71 Å². The molecule has 0 fully saturated rings. The van der Waals surface area contributed by atoms with Crippen LogP contribution in [0.1, 0.15) is 20.3 Å². The van der Waals surface area contributed by atoms with Crippen molar-refractivity contribution >= 4 is 5.71 Å². The third-order valence-electron chi connectivity index (χ3n) is 1.27. The van der Waals surface area contributed by atoms with Gasteiger partial charge in [0.1, 0.15) is 12.7 Å². The summed E-state index contributed by atoms with van der Waals surface area (Å²) in [5.74, 6) is 0. The predicted molar refractivity (Wildman–Crippen MR) is 44.4 cm³/mol. The minimum atomic E-state index is -0.608. The number of nitrogens with two attached hydrogens (primary N) is 1. The average molecular weight is 160 g/mol. The highest BCUT2D eigenvalue weighted by molar-refractivity contribution is 5.80. The number of oxime groups is 1. The lowest BCUT2D eigenvalue weighted by Gasteiger charge is -2.05. The first kappa shape index (κ1) is 10.4. The zero-order valence-electron chi connectivity index (χ0n) is 7.08. The second-order valence-corrected chi connectivity index (χ2v) is 2.37.